The monoisotopic (exact) mass is 337 g/mol. The Morgan fingerprint density at radius 2 is 1.96 bits per heavy atom. The molecule has 0 radical (unpaired) electrons. The highest BCUT2D eigenvalue weighted by molar-refractivity contribution is 7.93. The van der Waals surface area contributed by atoms with E-state index in [9.17, 15) is 18.0 Å². The van der Waals surface area contributed by atoms with Crippen molar-refractivity contribution >= 4 is 38.4 Å². The Balaban J connectivity index is 1.89. The molecule has 1 fully saturated rings. The third-order valence-corrected chi connectivity index (χ3v) is 6.28. The number of benzene rings is 1. The number of amides is 1. The average molecular weight is 337 g/mol. The lowest BCUT2D eigenvalue weighted by Gasteiger charge is -2.38. The van der Waals surface area contributed by atoms with Crippen LogP contribution in [0.25, 0.3) is 11.0 Å². The van der Waals surface area contributed by atoms with Crippen LogP contribution in [-0.4, -0.2) is 36.4 Å². The molecule has 0 bridgehead atoms. The number of fused-ring (bicyclic) bond motifs is 1. The highest BCUT2D eigenvalue weighted by atomic mass is 32.2. The molecule has 1 aliphatic rings. The third kappa shape index (κ3) is 2.48. The molecule has 0 unspecified atom stereocenters. The van der Waals surface area contributed by atoms with Crippen LogP contribution >= 0.6 is 0 Å². The van der Waals surface area contributed by atoms with Crippen molar-refractivity contribution in [1.82, 2.24) is 0 Å². The van der Waals surface area contributed by atoms with E-state index in [0.29, 0.717) is 35.9 Å². The topological polar surface area (TPSA) is 114 Å². The Hall–Kier alpha value is -2.35. The van der Waals surface area contributed by atoms with Gasteiger partial charge in [0.2, 0.25) is 11.7 Å². The summed E-state index contributed by atoms with van der Waals surface area (Å²) in [6, 6.07) is 5.98. The summed E-state index contributed by atoms with van der Waals surface area (Å²) in [5.74, 6) is -1.93. The van der Waals surface area contributed by atoms with E-state index in [4.69, 9.17) is 9.52 Å². The Labute approximate surface area is 132 Å². The molecule has 1 aliphatic carbocycles. The number of rotatable bonds is 4. The van der Waals surface area contributed by atoms with Crippen LogP contribution in [0.3, 0.4) is 0 Å². The first kappa shape index (κ1) is 15.5. The van der Waals surface area contributed by atoms with Gasteiger partial charge in [0.05, 0.1) is 0 Å². The van der Waals surface area contributed by atoms with Gasteiger partial charge in [-0.05, 0) is 43.5 Å². The van der Waals surface area contributed by atoms with Crippen LogP contribution in [0.4, 0.5) is 5.69 Å². The number of carbonyl (C=O) groups excluding carboxylic acids is 1. The van der Waals surface area contributed by atoms with Crippen molar-refractivity contribution in [1.29, 1.82) is 0 Å². The molecule has 1 saturated carbocycles. The van der Waals surface area contributed by atoms with E-state index in [1.807, 2.05) is 0 Å². The number of furan rings is 1. The van der Waals surface area contributed by atoms with E-state index >= 15 is 0 Å². The summed E-state index contributed by atoms with van der Waals surface area (Å²) in [5.41, 5.74) is 0.775. The summed E-state index contributed by atoms with van der Waals surface area (Å²) < 4.78 is 27.6. The second-order valence-corrected chi connectivity index (χ2v) is 8.07. The van der Waals surface area contributed by atoms with Crippen molar-refractivity contribution in [3.8, 4) is 0 Å². The van der Waals surface area contributed by atoms with Crippen molar-refractivity contribution in [2.45, 2.75) is 24.0 Å². The van der Waals surface area contributed by atoms with Gasteiger partial charge in [0.25, 0.3) is 0 Å². The fourth-order valence-electron chi connectivity index (χ4n) is 2.74. The number of carboxylic acid groups (broad SMARTS) is 1. The molecule has 1 amide bonds. The lowest BCUT2D eigenvalue weighted by molar-refractivity contribution is -0.120. The lowest BCUT2D eigenvalue weighted by Crippen LogP contribution is -2.54. The molecule has 1 aromatic heterocycles. The van der Waals surface area contributed by atoms with Crippen molar-refractivity contribution in [2.24, 2.45) is 0 Å². The molecular weight excluding hydrogens is 322 g/mol. The normalized spacial score (nSPS) is 16.7. The first-order valence-corrected chi connectivity index (χ1v) is 8.90. The second-order valence-electron chi connectivity index (χ2n) is 5.74. The van der Waals surface area contributed by atoms with Crippen LogP contribution in [0.5, 0.6) is 0 Å². The molecular formula is C15H15NO6S. The molecule has 2 N–H and O–H groups in total. The lowest BCUT2D eigenvalue weighted by atomic mass is 9.83. The summed E-state index contributed by atoms with van der Waals surface area (Å²) in [7, 11) is -3.50. The molecule has 8 heteroatoms. The maximum Gasteiger partial charge on any atom is 0.371 e. The summed E-state index contributed by atoms with van der Waals surface area (Å²) >= 11 is 0. The molecule has 2 aromatic rings. The van der Waals surface area contributed by atoms with Gasteiger partial charge in [0.15, 0.2) is 14.6 Å². The zero-order valence-corrected chi connectivity index (χ0v) is 13.1. The third-order valence-electron chi connectivity index (χ3n) is 4.27. The molecule has 7 nitrogen and oxygen atoms in total. The maximum absolute atomic E-state index is 12.4. The molecule has 3 rings (SSSR count). The van der Waals surface area contributed by atoms with Gasteiger partial charge < -0.3 is 14.8 Å². The number of hydrogen-bond donors (Lipinski definition) is 2. The maximum atomic E-state index is 12.4. The molecule has 0 aliphatic heterocycles. The second kappa shape index (κ2) is 5.09. The summed E-state index contributed by atoms with van der Waals surface area (Å²) in [6.45, 7) is 0. The van der Waals surface area contributed by atoms with Crippen molar-refractivity contribution in [2.75, 3.05) is 11.6 Å². The van der Waals surface area contributed by atoms with Gasteiger partial charge in [-0.3, -0.25) is 4.79 Å². The molecule has 0 spiro atoms. The van der Waals surface area contributed by atoms with Gasteiger partial charge in [0.1, 0.15) is 5.58 Å². The van der Waals surface area contributed by atoms with E-state index < -0.39 is 26.5 Å². The Kier molecular flexibility index (Phi) is 3.44. The highest BCUT2D eigenvalue weighted by Gasteiger charge is 2.52. The number of carboxylic acids is 1. The zero-order valence-electron chi connectivity index (χ0n) is 12.3. The zero-order chi connectivity index (χ0) is 16.8. The van der Waals surface area contributed by atoms with Crippen LogP contribution in [0.15, 0.2) is 28.7 Å². The quantitative estimate of drug-likeness (QED) is 0.882. The van der Waals surface area contributed by atoms with Gasteiger partial charge in [-0.2, -0.15) is 0 Å². The van der Waals surface area contributed by atoms with E-state index in [0.717, 1.165) is 6.26 Å². The van der Waals surface area contributed by atoms with Crippen molar-refractivity contribution in [3.05, 3.63) is 30.0 Å². The minimum atomic E-state index is -3.50. The minimum Gasteiger partial charge on any atom is -0.475 e. The summed E-state index contributed by atoms with van der Waals surface area (Å²) in [6.07, 6.45) is 2.40. The van der Waals surface area contributed by atoms with E-state index in [1.165, 1.54) is 12.1 Å². The summed E-state index contributed by atoms with van der Waals surface area (Å²) in [4.78, 5) is 23.3. The Bertz CT molecular complexity index is 907. The van der Waals surface area contributed by atoms with Gasteiger partial charge in [-0.25, -0.2) is 13.2 Å². The van der Waals surface area contributed by atoms with E-state index in [-0.39, 0.29) is 5.76 Å². The van der Waals surface area contributed by atoms with Gasteiger partial charge in [0, 0.05) is 17.3 Å². The molecule has 23 heavy (non-hydrogen) atoms. The fraction of sp³-hybridized carbons (Fsp3) is 0.333. The van der Waals surface area contributed by atoms with Crippen LogP contribution in [0, 0.1) is 0 Å². The smallest absolute Gasteiger partial charge is 0.371 e. The van der Waals surface area contributed by atoms with Gasteiger partial charge >= 0.3 is 5.97 Å². The Morgan fingerprint density at radius 3 is 2.48 bits per heavy atom. The molecule has 122 valence electrons. The van der Waals surface area contributed by atoms with Crippen molar-refractivity contribution in [3.63, 3.8) is 0 Å². The molecule has 0 saturated heterocycles. The number of nitrogens with one attached hydrogen (secondary N) is 1. The van der Waals surface area contributed by atoms with Crippen LogP contribution in [0.1, 0.15) is 29.8 Å². The van der Waals surface area contributed by atoms with Crippen LogP contribution < -0.4 is 5.32 Å². The molecule has 1 aromatic carbocycles. The van der Waals surface area contributed by atoms with Crippen LogP contribution in [-0.2, 0) is 14.6 Å². The highest BCUT2D eigenvalue weighted by Crippen LogP contribution is 2.40. The van der Waals surface area contributed by atoms with Crippen molar-refractivity contribution < 1.29 is 27.5 Å². The average Bonchev–Trinajstić information content (AvgIpc) is 2.78. The summed E-state index contributed by atoms with van der Waals surface area (Å²) in [5, 5.41) is 12.0. The van der Waals surface area contributed by atoms with E-state index in [1.54, 1.807) is 12.1 Å². The van der Waals surface area contributed by atoms with E-state index in [2.05, 4.69) is 5.32 Å². The fourth-order valence-corrected chi connectivity index (χ4v) is 4.15. The predicted molar refractivity (Wildman–Crippen MR) is 83.2 cm³/mol. The number of aromatic carboxylic acids is 1. The number of sulfone groups is 1. The first-order chi connectivity index (χ1) is 10.7. The minimum absolute atomic E-state index is 0.199. The standard InChI is InChI=1S/C15H15NO6S/c1-23(20,21)15(5-2-6-15)14(19)16-10-3-4-11-9(7-10)8-12(22-11)13(17)18/h3-4,7-8H,2,5-6H2,1H3,(H,16,19)(H,17,18). The van der Waals surface area contributed by atoms with Crippen LogP contribution in [0.2, 0.25) is 0 Å². The number of anilines is 1. The number of hydrogen-bond acceptors (Lipinski definition) is 5. The predicted octanol–water partition coefficient (Wildman–Crippen LogP) is 2.04. The molecule has 1 heterocycles. The Morgan fingerprint density at radius 1 is 1.26 bits per heavy atom. The molecule has 0 atom stereocenters. The van der Waals surface area contributed by atoms with Gasteiger partial charge in [-0.15, -0.1) is 0 Å². The van der Waals surface area contributed by atoms with Gasteiger partial charge in [-0.1, -0.05) is 0 Å². The first-order valence-electron chi connectivity index (χ1n) is 7.01. The SMILES string of the molecule is CS(=O)(=O)C1(C(=O)Nc2ccc3oc(C(=O)O)cc3c2)CCC1. The largest absolute Gasteiger partial charge is 0.475 e. The number of carbonyl (C=O) groups is 2.